The first-order valence-electron chi connectivity index (χ1n) is 6.90. The Hall–Kier alpha value is -0.540. The van der Waals surface area contributed by atoms with E-state index in [9.17, 15) is 0 Å². The van der Waals surface area contributed by atoms with Gasteiger partial charge in [0, 0.05) is 25.8 Å². The molecule has 1 heterocycles. The molecule has 0 aliphatic rings. The van der Waals surface area contributed by atoms with Gasteiger partial charge in [-0.05, 0) is 49.2 Å². The van der Waals surface area contributed by atoms with Crippen LogP contribution in [0.5, 0.6) is 0 Å². The Balaban J connectivity index is 2.20. The summed E-state index contributed by atoms with van der Waals surface area (Å²) in [6.07, 6.45) is 1.97. The van der Waals surface area contributed by atoms with Gasteiger partial charge in [0.05, 0.1) is 0 Å². The summed E-state index contributed by atoms with van der Waals surface area (Å²) < 4.78 is 0. The lowest BCUT2D eigenvalue weighted by Gasteiger charge is -2.17. The number of rotatable bonds is 6. The van der Waals surface area contributed by atoms with Crippen LogP contribution in [0, 0.1) is 0 Å². The number of hydrogen-bond donors (Lipinski definition) is 1. The van der Waals surface area contributed by atoms with Crippen molar-refractivity contribution >= 4 is 34.5 Å². The van der Waals surface area contributed by atoms with Gasteiger partial charge in [0.2, 0.25) is 0 Å². The molecule has 2 aromatic rings. The minimum Gasteiger partial charge on any atom is -0.309 e. The van der Waals surface area contributed by atoms with Crippen LogP contribution in [0.3, 0.4) is 0 Å². The molecule has 0 aliphatic heterocycles. The van der Waals surface area contributed by atoms with Gasteiger partial charge in [-0.25, -0.2) is 0 Å². The van der Waals surface area contributed by atoms with Gasteiger partial charge in [-0.15, -0.1) is 11.3 Å². The maximum atomic E-state index is 6.28. The summed E-state index contributed by atoms with van der Waals surface area (Å²) in [6, 6.07) is 10.5. The van der Waals surface area contributed by atoms with Gasteiger partial charge in [-0.1, -0.05) is 43.1 Å². The predicted octanol–water partition coefficient (Wildman–Crippen LogP) is 5.51. The molecule has 0 saturated heterocycles. The normalized spacial score (nSPS) is 12.6. The van der Waals surface area contributed by atoms with Crippen molar-refractivity contribution in [1.82, 2.24) is 5.32 Å². The summed E-state index contributed by atoms with van der Waals surface area (Å²) in [5, 5.41) is 4.97. The zero-order chi connectivity index (χ0) is 14.5. The van der Waals surface area contributed by atoms with Crippen LogP contribution in [-0.4, -0.2) is 6.54 Å². The first-order chi connectivity index (χ1) is 9.63. The van der Waals surface area contributed by atoms with Crippen LogP contribution in [0.25, 0.3) is 0 Å². The molecular weight excluding hydrogens is 309 g/mol. The second-order valence-corrected chi connectivity index (χ2v) is 6.75. The molecule has 1 atom stereocenters. The number of likely N-dealkylation sites (N-methyl/N-ethyl adjacent to an activating group) is 1. The third-order valence-corrected chi connectivity index (χ3v) is 5.19. The quantitative estimate of drug-likeness (QED) is 0.737. The second kappa shape index (κ2) is 7.46. The molecule has 0 spiro atoms. The third-order valence-electron chi connectivity index (χ3n) is 3.26. The number of halogens is 2. The molecule has 0 bridgehead atoms. The van der Waals surface area contributed by atoms with Crippen molar-refractivity contribution in [2.75, 3.05) is 6.54 Å². The van der Waals surface area contributed by atoms with Gasteiger partial charge < -0.3 is 5.32 Å². The highest BCUT2D eigenvalue weighted by Crippen LogP contribution is 2.29. The summed E-state index contributed by atoms with van der Waals surface area (Å²) in [5.41, 5.74) is 1.13. The molecule has 0 aliphatic carbocycles. The highest BCUT2D eigenvalue weighted by Gasteiger charge is 2.15. The van der Waals surface area contributed by atoms with Crippen LogP contribution in [0.15, 0.2) is 30.3 Å². The molecule has 4 heteroatoms. The van der Waals surface area contributed by atoms with Gasteiger partial charge in [-0.3, -0.25) is 0 Å². The number of hydrogen-bond acceptors (Lipinski definition) is 2. The Morgan fingerprint density at radius 2 is 1.95 bits per heavy atom. The van der Waals surface area contributed by atoms with Crippen LogP contribution in [0.1, 0.15) is 35.2 Å². The lowest BCUT2D eigenvalue weighted by atomic mass is 10.0. The highest BCUT2D eigenvalue weighted by molar-refractivity contribution is 7.12. The van der Waals surface area contributed by atoms with E-state index in [1.165, 1.54) is 9.75 Å². The lowest BCUT2D eigenvalue weighted by molar-refractivity contribution is 0.558. The van der Waals surface area contributed by atoms with Gasteiger partial charge in [0.25, 0.3) is 0 Å². The fraction of sp³-hybridized carbons (Fsp3) is 0.375. The van der Waals surface area contributed by atoms with E-state index in [4.69, 9.17) is 23.2 Å². The highest BCUT2D eigenvalue weighted by atomic mass is 35.5. The molecule has 108 valence electrons. The molecule has 0 saturated carbocycles. The monoisotopic (exact) mass is 327 g/mol. The fourth-order valence-electron chi connectivity index (χ4n) is 2.20. The van der Waals surface area contributed by atoms with Crippen LogP contribution in [0.2, 0.25) is 10.0 Å². The van der Waals surface area contributed by atoms with E-state index in [1.807, 2.05) is 29.5 Å². The minimum absolute atomic E-state index is 0.309. The zero-order valence-electron chi connectivity index (χ0n) is 11.7. The zero-order valence-corrected chi connectivity index (χ0v) is 14.1. The van der Waals surface area contributed by atoms with Crippen LogP contribution >= 0.6 is 34.5 Å². The fourth-order valence-corrected chi connectivity index (χ4v) is 3.71. The summed E-state index contributed by atoms with van der Waals surface area (Å²) in [6.45, 7) is 5.26. The summed E-state index contributed by atoms with van der Waals surface area (Å²) in [5.74, 6) is 0. The molecule has 20 heavy (non-hydrogen) atoms. The summed E-state index contributed by atoms with van der Waals surface area (Å²) in [7, 11) is 0. The molecular formula is C16H19Cl2NS. The molecule has 1 nitrogen and oxygen atoms in total. The van der Waals surface area contributed by atoms with E-state index in [0.717, 1.165) is 30.0 Å². The van der Waals surface area contributed by atoms with Crippen molar-refractivity contribution in [2.45, 2.75) is 32.7 Å². The third kappa shape index (κ3) is 3.98. The first-order valence-corrected chi connectivity index (χ1v) is 8.47. The number of thiophene rings is 1. The van der Waals surface area contributed by atoms with Crippen molar-refractivity contribution in [1.29, 1.82) is 0 Å². The number of nitrogens with one attached hydrogen (secondary N) is 1. The minimum atomic E-state index is 0.309. The number of aryl methyl sites for hydroxylation is 1. The Morgan fingerprint density at radius 1 is 1.15 bits per heavy atom. The molecule has 0 fully saturated rings. The van der Waals surface area contributed by atoms with Gasteiger partial charge in [0.1, 0.15) is 0 Å². The summed E-state index contributed by atoms with van der Waals surface area (Å²) in [4.78, 5) is 2.79. The molecule has 0 amide bonds. The van der Waals surface area contributed by atoms with E-state index < -0.39 is 0 Å². The molecule has 1 aromatic carbocycles. The smallest absolute Gasteiger partial charge is 0.0456 e. The van der Waals surface area contributed by atoms with Crippen molar-refractivity contribution < 1.29 is 0 Å². The average Bonchev–Trinajstić information content (AvgIpc) is 2.90. The topological polar surface area (TPSA) is 12.0 Å². The first kappa shape index (κ1) is 15.8. The van der Waals surface area contributed by atoms with Gasteiger partial charge in [0.15, 0.2) is 0 Å². The van der Waals surface area contributed by atoms with Crippen molar-refractivity contribution in [3.8, 4) is 0 Å². The molecule has 2 rings (SSSR count). The Kier molecular flexibility index (Phi) is 5.91. The lowest BCUT2D eigenvalue weighted by Crippen LogP contribution is -2.22. The van der Waals surface area contributed by atoms with E-state index in [0.29, 0.717) is 11.1 Å². The SMILES string of the molecule is CCNC(Cc1ccc(Cl)cc1Cl)c1ccc(CC)s1. The van der Waals surface area contributed by atoms with Crippen molar-refractivity contribution in [2.24, 2.45) is 0 Å². The largest absolute Gasteiger partial charge is 0.309 e. The Morgan fingerprint density at radius 3 is 2.55 bits per heavy atom. The summed E-state index contributed by atoms with van der Waals surface area (Å²) >= 11 is 14.1. The van der Waals surface area contributed by atoms with E-state index >= 15 is 0 Å². The van der Waals surface area contributed by atoms with E-state index in [-0.39, 0.29) is 0 Å². The standard InChI is InChI=1S/C16H19Cl2NS/c1-3-13-7-8-16(20-13)15(19-4-2)9-11-5-6-12(17)10-14(11)18/h5-8,10,15,19H,3-4,9H2,1-2H3. The van der Waals surface area contributed by atoms with Crippen molar-refractivity contribution in [3.63, 3.8) is 0 Å². The Labute approximate surface area is 134 Å². The molecule has 0 radical (unpaired) electrons. The van der Waals surface area contributed by atoms with Gasteiger partial charge >= 0.3 is 0 Å². The molecule has 1 N–H and O–H groups in total. The Bertz CT molecular complexity index is 565. The molecule has 1 unspecified atom stereocenters. The maximum absolute atomic E-state index is 6.28. The van der Waals surface area contributed by atoms with Crippen LogP contribution in [0.4, 0.5) is 0 Å². The van der Waals surface area contributed by atoms with E-state index in [2.05, 4.69) is 31.3 Å². The van der Waals surface area contributed by atoms with Crippen molar-refractivity contribution in [3.05, 3.63) is 55.7 Å². The number of benzene rings is 1. The second-order valence-electron chi connectivity index (χ2n) is 4.71. The van der Waals surface area contributed by atoms with Crippen LogP contribution in [-0.2, 0) is 12.8 Å². The van der Waals surface area contributed by atoms with Crippen LogP contribution < -0.4 is 5.32 Å². The van der Waals surface area contributed by atoms with Gasteiger partial charge in [-0.2, -0.15) is 0 Å². The van der Waals surface area contributed by atoms with E-state index in [1.54, 1.807) is 0 Å². The molecule has 1 aromatic heterocycles. The maximum Gasteiger partial charge on any atom is 0.0456 e. The average molecular weight is 328 g/mol. The predicted molar refractivity (Wildman–Crippen MR) is 90.3 cm³/mol.